The summed E-state index contributed by atoms with van der Waals surface area (Å²) in [6.45, 7) is -0.169. The lowest BCUT2D eigenvalue weighted by atomic mass is 10.2. The fourth-order valence-corrected chi connectivity index (χ4v) is 2.65. The zero-order valence-corrected chi connectivity index (χ0v) is 12.3. The number of carbonyl (C=O) groups is 1. The molecule has 0 bridgehead atoms. The molecule has 116 valence electrons. The summed E-state index contributed by atoms with van der Waals surface area (Å²) in [6, 6.07) is 5.89. The number of hydrogen-bond donors (Lipinski definition) is 1. The molecule has 0 aliphatic rings. The summed E-state index contributed by atoms with van der Waals surface area (Å²) >= 11 is 0. The topological polar surface area (TPSA) is 116 Å². The van der Waals surface area contributed by atoms with E-state index in [2.05, 4.69) is 9.46 Å². The first-order valence-electron chi connectivity index (χ1n) is 6.12. The number of sulfonamides is 1. The Bertz CT molecular complexity index is 614. The minimum absolute atomic E-state index is 0.00287. The lowest BCUT2D eigenvalue weighted by Gasteiger charge is -2.07. The first-order chi connectivity index (χ1) is 9.85. The molecule has 9 heteroatoms. The molecule has 1 rings (SSSR count). The van der Waals surface area contributed by atoms with Crippen LogP contribution in [0.5, 0.6) is 0 Å². The van der Waals surface area contributed by atoms with Gasteiger partial charge in [-0.3, -0.25) is 14.9 Å². The number of esters is 1. The predicted molar refractivity (Wildman–Crippen MR) is 75.0 cm³/mol. The highest BCUT2D eigenvalue weighted by molar-refractivity contribution is 7.89. The molecule has 0 saturated heterocycles. The second-order valence-electron chi connectivity index (χ2n) is 4.21. The maximum Gasteiger partial charge on any atom is 0.305 e. The van der Waals surface area contributed by atoms with E-state index in [9.17, 15) is 23.3 Å². The molecule has 0 spiro atoms. The van der Waals surface area contributed by atoms with Crippen LogP contribution in [-0.2, 0) is 26.1 Å². The van der Waals surface area contributed by atoms with Crippen LogP contribution >= 0.6 is 0 Å². The summed E-state index contributed by atoms with van der Waals surface area (Å²) in [4.78, 5) is 21.1. The molecule has 0 aliphatic carbocycles. The molecule has 1 aromatic carbocycles. The molecule has 0 fully saturated rings. The van der Waals surface area contributed by atoms with Crippen molar-refractivity contribution in [3.63, 3.8) is 0 Å². The molecule has 0 radical (unpaired) electrons. The molecule has 21 heavy (non-hydrogen) atoms. The van der Waals surface area contributed by atoms with Crippen molar-refractivity contribution >= 4 is 21.7 Å². The first kappa shape index (κ1) is 17.1. The van der Waals surface area contributed by atoms with E-state index >= 15 is 0 Å². The van der Waals surface area contributed by atoms with Crippen molar-refractivity contribution in [3.8, 4) is 0 Å². The van der Waals surface area contributed by atoms with Gasteiger partial charge in [0.15, 0.2) is 0 Å². The van der Waals surface area contributed by atoms with Crippen molar-refractivity contribution in [2.75, 3.05) is 12.9 Å². The van der Waals surface area contributed by atoms with Crippen molar-refractivity contribution in [2.45, 2.75) is 19.4 Å². The van der Waals surface area contributed by atoms with Crippen molar-refractivity contribution in [1.29, 1.82) is 0 Å². The van der Waals surface area contributed by atoms with Gasteiger partial charge < -0.3 is 4.74 Å². The largest absolute Gasteiger partial charge is 0.469 e. The van der Waals surface area contributed by atoms with Crippen LogP contribution in [0.2, 0.25) is 0 Å². The maximum atomic E-state index is 11.7. The Balaban J connectivity index is 2.58. The molecule has 1 N–H and O–H groups in total. The van der Waals surface area contributed by atoms with Gasteiger partial charge in [0.25, 0.3) is 5.69 Å². The number of rotatable bonds is 8. The van der Waals surface area contributed by atoms with Crippen molar-refractivity contribution < 1.29 is 22.9 Å². The zero-order chi connectivity index (χ0) is 15.9. The van der Waals surface area contributed by atoms with E-state index in [1.165, 1.54) is 25.3 Å². The quantitative estimate of drug-likeness (QED) is 0.434. The van der Waals surface area contributed by atoms with Crippen LogP contribution in [0, 0.1) is 10.1 Å². The standard InChI is InChI=1S/C12H16N2O6S/c1-20-12(15)7-4-8-21(18,19)13-9-10-5-2-3-6-11(10)14(16)17/h2-3,5-6,13H,4,7-9H2,1H3. The third-order valence-corrected chi connectivity index (χ3v) is 4.10. The van der Waals surface area contributed by atoms with Crippen LogP contribution in [0.1, 0.15) is 18.4 Å². The van der Waals surface area contributed by atoms with Gasteiger partial charge in [-0.15, -0.1) is 0 Å². The third kappa shape index (κ3) is 5.88. The Morgan fingerprint density at radius 1 is 1.38 bits per heavy atom. The summed E-state index contributed by atoms with van der Waals surface area (Å²) in [5.41, 5.74) is 0.133. The summed E-state index contributed by atoms with van der Waals surface area (Å²) in [5, 5.41) is 10.8. The summed E-state index contributed by atoms with van der Waals surface area (Å²) < 4.78 is 30.1. The molecule has 8 nitrogen and oxygen atoms in total. The number of ether oxygens (including phenoxy) is 1. The Labute approximate surface area is 122 Å². The van der Waals surface area contributed by atoms with Crippen molar-refractivity contribution in [1.82, 2.24) is 4.72 Å². The molecule has 0 atom stereocenters. The van der Waals surface area contributed by atoms with E-state index in [0.29, 0.717) is 0 Å². The number of nitro benzene ring substituents is 1. The average molecular weight is 316 g/mol. The van der Waals surface area contributed by atoms with Gasteiger partial charge in [0, 0.05) is 24.6 Å². The molecular formula is C12H16N2O6S. The highest BCUT2D eigenvalue weighted by Gasteiger charge is 2.16. The van der Waals surface area contributed by atoms with E-state index < -0.39 is 20.9 Å². The summed E-state index contributed by atoms with van der Waals surface area (Å²) in [7, 11) is -2.38. The number of methoxy groups -OCH3 is 1. The van der Waals surface area contributed by atoms with Crippen LogP contribution in [-0.4, -0.2) is 32.2 Å². The van der Waals surface area contributed by atoms with E-state index in [1.807, 2.05) is 0 Å². The molecule has 0 aliphatic heterocycles. The van der Waals surface area contributed by atoms with Gasteiger partial charge in [-0.05, 0) is 6.42 Å². The molecule has 0 saturated carbocycles. The van der Waals surface area contributed by atoms with E-state index in [4.69, 9.17) is 0 Å². The van der Waals surface area contributed by atoms with Crippen LogP contribution in [0.25, 0.3) is 0 Å². The smallest absolute Gasteiger partial charge is 0.305 e. The molecule has 0 unspecified atom stereocenters. The number of para-hydroxylation sites is 1. The highest BCUT2D eigenvalue weighted by atomic mass is 32.2. The Morgan fingerprint density at radius 2 is 2.05 bits per heavy atom. The van der Waals surface area contributed by atoms with Gasteiger partial charge in [-0.25, -0.2) is 13.1 Å². The number of carbonyl (C=O) groups excluding carboxylic acids is 1. The lowest BCUT2D eigenvalue weighted by molar-refractivity contribution is -0.385. The fourth-order valence-electron chi connectivity index (χ4n) is 1.61. The van der Waals surface area contributed by atoms with Gasteiger partial charge >= 0.3 is 5.97 Å². The van der Waals surface area contributed by atoms with Gasteiger partial charge in [-0.1, -0.05) is 18.2 Å². The Hall–Kier alpha value is -2.00. The van der Waals surface area contributed by atoms with Gasteiger partial charge in [-0.2, -0.15) is 0 Å². The Kier molecular flexibility index (Phi) is 6.25. The van der Waals surface area contributed by atoms with Crippen LogP contribution in [0.15, 0.2) is 24.3 Å². The van der Waals surface area contributed by atoms with Crippen LogP contribution < -0.4 is 4.72 Å². The van der Waals surface area contributed by atoms with Crippen molar-refractivity contribution in [2.24, 2.45) is 0 Å². The van der Waals surface area contributed by atoms with Gasteiger partial charge in [0.05, 0.1) is 17.8 Å². The zero-order valence-electron chi connectivity index (χ0n) is 11.4. The minimum Gasteiger partial charge on any atom is -0.469 e. The maximum absolute atomic E-state index is 11.7. The summed E-state index contributed by atoms with van der Waals surface area (Å²) in [6.07, 6.45) is 0.127. The number of nitro groups is 1. The fraction of sp³-hybridized carbons (Fsp3) is 0.417. The summed E-state index contributed by atoms with van der Waals surface area (Å²) in [5.74, 6) is -0.730. The Morgan fingerprint density at radius 3 is 2.67 bits per heavy atom. The number of benzene rings is 1. The SMILES string of the molecule is COC(=O)CCCS(=O)(=O)NCc1ccccc1[N+](=O)[O-]. The highest BCUT2D eigenvalue weighted by Crippen LogP contribution is 2.17. The third-order valence-electron chi connectivity index (χ3n) is 2.69. The molecule has 0 aromatic heterocycles. The molecule has 1 aromatic rings. The number of hydrogen-bond acceptors (Lipinski definition) is 6. The number of nitrogens with zero attached hydrogens (tertiary/aromatic N) is 1. The van der Waals surface area contributed by atoms with E-state index in [-0.39, 0.29) is 36.4 Å². The minimum atomic E-state index is -3.61. The van der Waals surface area contributed by atoms with E-state index in [1.54, 1.807) is 6.07 Å². The van der Waals surface area contributed by atoms with Gasteiger partial charge in [0.2, 0.25) is 10.0 Å². The van der Waals surface area contributed by atoms with Crippen LogP contribution in [0.3, 0.4) is 0 Å². The van der Waals surface area contributed by atoms with Crippen molar-refractivity contribution in [3.05, 3.63) is 39.9 Å². The second-order valence-corrected chi connectivity index (χ2v) is 6.13. The predicted octanol–water partition coefficient (Wildman–Crippen LogP) is 0.967. The molecule has 0 heterocycles. The second kappa shape index (κ2) is 7.70. The van der Waals surface area contributed by atoms with Crippen LogP contribution in [0.4, 0.5) is 5.69 Å². The number of nitrogens with one attached hydrogen (secondary N) is 1. The first-order valence-corrected chi connectivity index (χ1v) is 7.77. The molecular weight excluding hydrogens is 300 g/mol. The van der Waals surface area contributed by atoms with E-state index in [0.717, 1.165) is 0 Å². The molecule has 0 amide bonds. The normalized spacial score (nSPS) is 11.1. The van der Waals surface area contributed by atoms with Gasteiger partial charge in [0.1, 0.15) is 0 Å². The lowest BCUT2D eigenvalue weighted by Crippen LogP contribution is -2.26. The monoisotopic (exact) mass is 316 g/mol. The average Bonchev–Trinajstić information content (AvgIpc) is 2.45.